The van der Waals surface area contributed by atoms with Crippen LogP contribution < -0.4 is 0 Å². The van der Waals surface area contributed by atoms with Crippen molar-refractivity contribution in [2.75, 3.05) is 6.61 Å². The van der Waals surface area contributed by atoms with E-state index in [9.17, 15) is 0 Å². The van der Waals surface area contributed by atoms with Crippen LogP contribution in [0.1, 0.15) is 39.0 Å². The van der Waals surface area contributed by atoms with Crippen molar-refractivity contribution in [3.8, 4) is 0 Å². The molecule has 1 spiro atoms. The predicted octanol–water partition coefficient (Wildman–Crippen LogP) is 2.99. The van der Waals surface area contributed by atoms with Crippen molar-refractivity contribution < 1.29 is 9.47 Å². The van der Waals surface area contributed by atoms with Gasteiger partial charge in [0.15, 0.2) is 0 Å². The molecular formula is C14H20O2. The molecule has 88 valence electrons. The van der Waals surface area contributed by atoms with Crippen LogP contribution in [-0.2, 0) is 9.47 Å². The summed E-state index contributed by atoms with van der Waals surface area (Å²) in [5.41, 5.74) is 1.53. The Bertz CT molecular complexity index is 326. The number of allylic oxidation sites excluding steroid dienone is 1. The summed E-state index contributed by atoms with van der Waals surface area (Å²) in [6, 6.07) is 0. The van der Waals surface area contributed by atoms with Crippen molar-refractivity contribution >= 4 is 0 Å². The zero-order valence-electron chi connectivity index (χ0n) is 9.95. The van der Waals surface area contributed by atoms with E-state index in [2.05, 4.69) is 25.2 Å². The van der Waals surface area contributed by atoms with Gasteiger partial charge in [0.2, 0.25) is 0 Å². The lowest BCUT2D eigenvalue weighted by Crippen LogP contribution is -2.35. The summed E-state index contributed by atoms with van der Waals surface area (Å²) in [6.45, 7) is 2.96. The lowest BCUT2D eigenvalue weighted by molar-refractivity contribution is -0.0214. The van der Waals surface area contributed by atoms with Gasteiger partial charge in [-0.2, -0.15) is 0 Å². The molecule has 0 bridgehead atoms. The first-order valence-electron chi connectivity index (χ1n) is 6.45. The SMILES string of the molecule is C[C@@H]1O[C@@H](CC2=CCCCC2)C=C[C@@]12CO2. The number of epoxide rings is 1. The lowest BCUT2D eigenvalue weighted by atomic mass is 9.92. The van der Waals surface area contributed by atoms with Crippen LogP contribution in [-0.4, -0.2) is 24.4 Å². The van der Waals surface area contributed by atoms with E-state index < -0.39 is 0 Å². The Kier molecular flexibility index (Phi) is 2.64. The Labute approximate surface area is 97.3 Å². The van der Waals surface area contributed by atoms with E-state index in [4.69, 9.17) is 9.47 Å². The van der Waals surface area contributed by atoms with Crippen molar-refractivity contribution in [2.24, 2.45) is 0 Å². The van der Waals surface area contributed by atoms with Crippen LogP contribution in [0.5, 0.6) is 0 Å². The quantitative estimate of drug-likeness (QED) is 0.527. The van der Waals surface area contributed by atoms with Gasteiger partial charge in [0.25, 0.3) is 0 Å². The third-order valence-corrected chi connectivity index (χ3v) is 3.99. The van der Waals surface area contributed by atoms with E-state index in [0.717, 1.165) is 13.0 Å². The van der Waals surface area contributed by atoms with Crippen molar-refractivity contribution in [3.63, 3.8) is 0 Å². The highest BCUT2D eigenvalue weighted by molar-refractivity contribution is 5.20. The highest BCUT2D eigenvalue weighted by atomic mass is 16.6. The third kappa shape index (κ3) is 1.96. The molecule has 0 aromatic heterocycles. The van der Waals surface area contributed by atoms with Gasteiger partial charge < -0.3 is 9.47 Å². The maximum Gasteiger partial charge on any atom is 0.135 e. The van der Waals surface area contributed by atoms with Crippen molar-refractivity contribution in [1.82, 2.24) is 0 Å². The van der Waals surface area contributed by atoms with E-state index in [1.807, 2.05) is 0 Å². The standard InChI is InChI=1S/C14H20O2/c1-11-14(10-15-14)8-7-13(16-11)9-12-5-3-2-4-6-12/h5,7-8,11,13H,2-4,6,9-10H2,1H3/t11-,13+,14+/m0/s1. The Morgan fingerprint density at radius 2 is 2.31 bits per heavy atom. The largest absolute Gasteiger partial charge is 0.367 e. The molecule has 3 aliphatic rings. The van der Waals surface area contributed by atoms with Gasteiger partial charge in [-0.25, -0.2) is 0 Å². The zero-order chi connectivity index (χ0) is 11.0. The van der Waals surface area contributed by atoms with E-state index in [0.29, 0.717) is 0 Å². The molecule has 1 aliphatic carbocycles. The molecule has 0 saturated carbocycles. The van der Waals surface area contributed by atoms with E-state index >= 15 is 0 Å². The molecule has 2 aliphatic heterocycles. The van der Waals surface area contributed by atoms with Crippen molar-refractivity contribution in [1.29, 1.82) is 0 Å². The molecule has 1 fully saturated rings. The number of ether oxygens (including phenoxy) is 2. The average molecular weight is 220 g/mol. The summed E-state index contributed by atoms with van der Waals surface area (Å²) in [4.78, 5) is 0. The van der Waals surface area contributed by atoms with E-state index in [-0.39, 0.29) is 17.8 Å². The summed E-state index contributed by atoms with van der Waals surface area (Å²) in [5, 5.41) is 0. The fourth-order valence-corrected chi connectivity index (χ4v) is 2.71. The Morgan fingerprint density at radius 3 is 2.94 bits per heavy atom. The molecule has 0 amide bonds. The molecule has 2 heteroatoms. The maximum atomic E-state index is 6.01. The van der Waals surface area contributed by atoms with Crippen LogP contribution in [0.3, 0.4) is 0 Å². The Morgan fingerprint density at radius 1 is 1.44 bits per heavy atom. The molecule has 3 rings (SSSR count). The minimum Gasteiger partial charge on any atom is -0.367 e. The molecule has 0 radical (unpaired) electrons. The smallest absolute Gasteiger partial charge is 0.135 e. The monoisotopic (exact) mass is 220 g/mol. The summed E-state index contributed by atoms with van der Waals surface area (Å²) in [6.07, 6.45) is 13.6. The predicted molar refractivity (Wildman–Crippen MR) is 63.3 cm³/mol. The molecule has 0 unspecified atom stereocenters. The molecular weight excluding hydrogens is 200 g/mol. The van der Waals surface area contributed by atoms with Crippen LogP contribution in [0.2, 0.25) is 0 Å². The van der Waals surface area contributed by atoms with Gasteiger partial charge in [0, 0.05) is 0 Å². The van der Waals surface area contributed by atoms with Crippen LogP contribution in [0.25, 0.3) is 0 Å². The highest BCUT2D eigenvalue weighted by Gasteiger charge is 2.50. The van der Waals surface area contributed by atoms with E-state index in [1.165, 1.54) is 25.7 Å². The normalized spacial score (nSPS) is 42.2. The molecule has 1 saturated heterocycles. The fourth-order valence-electron chi connectivity index (χ4n) is 2.71. The van der Waals surface area contributed by atoms with E-state index in [1.54, 1.807) is 5.57 Å². The summed E-state index contributed by atoms with van der Waals surface area (Å²) < 4.78 is 11.5. The second kappa shape index (κ2) is 4.01. The second-order valence-electron chi connectivity index (χ2n) is 5.23. The van der Waals surface area contributed by atoms with Gasteiger partial charge in [-0.3, -0.25) is 0 Å². The molecule has 2 nitrogen and oxygen atoms in total. The fraction of sp³-hybridized carbons (Fsp3) is 0.714. The second-order valence-corrected chi connectivity index (χ2v) is 5.23. The minimum absolute atomic E-state index is 0.0581. The van der Waals surface area contributed by atoms with Crippen LogP contribution >= 0.6 is 0 Å². The summed E-state index contributed by atoms with van der Waals surface area (Å²) in [5.74, 6) is 0. The third-order valence-electron chi connectivity index (χ3n) is 3.99. The van der Waals surface area contributed by atoms with Gasteiger partial charge in [0.1, 0.15) is 5.60 Å². The Balaban J connectivity index is 1.62. The topological polar surface area (TPSA) is 21.8 Å². The first-order valence-corrected chi connectivity index (χ1v) is 6.45. The molecule has 16 heavy (non-hydrogen) atoms. The van der Waals surface area contributed by atoms with Gasteiger partial charge in [-0.15, -0.1) is 0 Å². The van der Waals surface area contributed by atoms with Gasteiger partial charge in [-0.05, 0) is 45.1 Å². The van der Waals surface area contributed by atoms with Crippen LogP contribution in [0.15, 0.2) is 23.8 Å². The zero-order valence-corrected chi connectivity index (χ0v) is 9.95. The number of hydrogen-bond acceptors (Lipinski definition) is 2. The first kappa shape index (κ1) is 10.5. The lowest BCUT2D eigenvalue weighted by Gasteiger charge is -2.29. The van der Waals surface area contributed by atoms with Crippen molar-refractivity contribution in [2.45, 2.75) is 56.8 Å². The van der Waals surface area contributed by atoms with Gasteiger partial charge >= 0.3 is 0 Å². The highest BCUT2D eigenvalue weighted by Crippen LogP contribution is 2.39. The summed E-state index contributed by atoms with van der Waals surface area (Å²) >= 11 is 0. The summed E-state index contributed by atoms with van der Waals surface area (Å²) in [7, 11) is 0. The average Bonchev–Trinajstić information content (AvgIpc) is 3.07. The molecule has 0 N–H and O–H groups in total. The van der Waals surface area contributed by atoms with Crippen LogP contribution in [0.4, 0.5) is 0 Å². The minimum atomic E-state index is -0.0581. The number of hydrogen-bond donors (Lipinski definition) is 0. The molecule has 2 heterocycles. The van der Waals surface area contributed by atoms with Crippen molar-refractivity contribution in [3.05, 3.63) is 23.8 Å². The van der Waals surface area contributed by atoms with Gasteiger partial charge in [-0.1, -0.05) is 17.7 Å². The van der Waals surface area contributed by atoms with Crippen LogP contribution in [0, 0.1) is 0 Å². The first-order chi connectivity index (χ1) is 7.78. The number of rotatable bonds is 2. The molecule has 0 aromatic rings. The van der Waals surface area contributed by atoms with Gasteiger partial charge in [0.05, 0.1) is 18.8 Å². The Hall–Kier alpha value is -0.600. The maximum absolute atomic E-state index is 6.01. The molecule has 0 aromatic carbocycles. The molecule has 3 atom stereocenters.